The summed E-state index contributed by atoms with van der Waals surface area (Å²) in [7, 11) is 3.65. The summed E-state index contributed by atoms with van der Waals surface area (Å²) in [6.07, 6.45) is 0. The molecule has 0 aliphatic heterocycles. The molecule has 2 aromatic carbocycles. The van der Waals surface area contributed by atoms with Gasteiger partial charge >= 0.3 is 0 Å². The Morgan fingerprint density at radius 3 is 2.65 bits per heavy atom. The Bertz CT molecular complexity index is 785. The Hall–Kier alpha value is -2.89. The van der Waals surface area contributed by atoms with Crippen LogP contribution in [0, 0.1) is 6.92 Å². The number of rotatable bonds is 5. The van der Waals surface area contributed by atoms with Gasteiger partial charge in [0.2, 0.25) is 5.95 Å². The van der Waals surface area contributed by atoms with Crippen LogP contribution in [0.3, 0.4) is 0 Å². The van der Waals surface area contributed by atoms with E-state index in [-0.39, 0.29) is 0 Å². The van der Waals surface area contributed by atoms with E-state index < -0.39 is 0 Å². The van der Waals surface area contributed by atoms with Crippen molar-refractivity contribution in [3.63, 3.8) is 0 Å². The van der Waals surface area contributed by atoms with Crippen molar-refractivity contribution in [2.75, 3.05) is 19.1 Å². The van der Waals surface area contributed by atoms with Crippen molar-refractivity contribution in [1.82, 2.24) is 20.2 Å². The van der Waals surface area contributed by atoms with Crippen LogP contribution < -0.4 is 9.64 Å². The summed E-state index contributed by atoms with van der Waals surface area (Å²) < 4.78 is 7.17. The predicted molar refractivity (Wildman–Crippen MR) is 89.0 cm³/mol. The van der Waals surface area contributed by atoms with E-state index in [1.165, 1.54) is 5.56 Å². The lowest BCUT2D eigenvalue weighted by Gasteiger charge is -2.19. The number of benzene rings is 2. The van der Waals surface area contributed by atoms with E-state index in [1.54, 1.807) is 11.8 Å². The number of ether oxygens (including phenoxy) is 1. The maximum absolute atomic E-state index is 5.45. The normalized spacial score (nSPS) is 10.6. The third kappa shape index (κ3) is 3.15. The first-order valence-corrected chi connectivity index (χ1v) is 7.37. The fourth-order valence-electron chi connectivity index (χ4n) is 2.51. The van der Waals surface area contributed by atoms with Crippen molar-refractivity contribution in [3.8, 4) is 11.4 Å². The zero-order valence-electron chi connectivity index (χ0n) is 13.5. The molecule has 0 saturated carbocycles. The van der Waals surface area contributed by atoms with Crippen molar-refractivity contribution in [1.29, 1.82) is 0 Å². The molecule has 0 aliphatic rings. The third-order valence-electron chi connectivity index (χ3n) is 3.64. The molecule has 3 aromatic rings. The monoisotopic (exact) mass is 309 g/mol. The lowest BCUT2D eigenvalue weighted by Crippen LogP contribution is -2.21. The summed E-state index contributed by atoms with van der Waals surface area (Å²) in [5.41, 5.74) is 3.21. The van der Waals surface area contributed by atoms with Gasteiger partial charge in [-0.2, -0.15) is 4.68 Å². The first-order chi connectivity index (χ1) is 11.2. The second kappa shape index (κ2) is 6.48. The number of hydrogen-bond donors (Lipinski definition) is 0. The van der Waals surface area contributed by atoms with Crippen LogP contribution in [0.4, 0.5) is 5.95 Å². The van der Waals surface area contributed by atoms with Gasteiger partial charge in [-0.15, -0.1) is 0 Å². The Labute approximate surface area is 135 Å². The fourth-order valence-corrected chi connectivity index (χ4v) is 2.51. The van der Waals surface area contributed by atoms with Gasteiger partial charge in [-0.1, -0.05) is 41.0 Å². The Kier molecular flexibility index (Phi) is 4.23. The quantitative estimate of drug-likeness (QED) is 0.725. The molecule has 0 spiro atoms. The molecule has 0 bridgehead atoms. The van der Waals surface area contributed by atoms with E-state index in [0.717, 1.165) is 17.0 Å². The number of nitrogens with zero attached hydrogens (tertiary/aromatic N) is 5. The maximum Gasteiger partial charge on any atom is 0.250 e. The van der Waals surface area contributed by atoms with Crippen LogP contribution in [0.2, 0.25) is 0 Å². The number of aromatic nitrogens is 4. The summed E-state index contributed by atoms with van der Waals surface area (Å²) >= 11 is 0. The lowest BCUT2D eigenvalue weighted by atomic mass is 10.1. The zero-order chi connectivity index (χ0) is 16.2. The van der Waals surface area contributed by atoms with Gasteiger partial charge in [0.05, 0.1) is 12.8 Å². The van der Waals surface area contributed by atoms with E-state index in [0.29, 0.717) is 12.5 Å². The summed E-state index contributed by atoms with van der Waals surface area (Å²) in [5.74, 6) is 1.54. The molecule has 6 heteroatoms. The predicted octanol–water partition coefficient (Wildman–Crippen LogP) is 2.62. The first kappa shape index (κ1) is 15.0. The highest BCUT2D eigenvalue weighted by atomic mass is 16.5. The second-order valence-electron chi connectivity index (χ2n) is 5.40. The van der Waals surface area contributed by atoms with Crippen LogP contribution >= 0.6 is 0 Å². The highest BCUT2D eigenvalue weighted by Gasteiger charge is 2.15. The van der Waals surface area contributed by atoms with Gasteiger partial charge in [0.15, 0.2) is 0 Å². The van der Waals surface area contributed by atoms with E-state index in [1.807, 2.05) is 54.4 Å². The van der Waals surface area contributed by atoms with Gasteiger partial charge in [0.25, 0.3) is 0 Å². The number of hydrogen-bond acceptors (Lipinski definition) is 5. The number of anilines is 1. The number of tetrazole rings is 1. The Morgan fingerprint density at radius 2 is 1.91 bits per heavy atom. The zero-order valence-corrected chi connectivity index (χ0v) is 13.5. The summed E-state index contributed by atoms with van der Waals surface area (Å²) in [4.78, 5) is 2.00. The summed E-state index contributed by atoms with van der Waals surface area (Å²) in [5, 5.41) is 12.1. The van der Waals surface area contributed by atoms with Gasteiger partial charge in [0, 0.05) is 19.2 Å². The van der Waals surface area contributed by atoms with E-state index in [9.17, 15) is 0 Å². The minimum absolute atomic E-state index is 0.651. The van der Waals surface area contributed by atoms with Gasteiger partial charge in [-0.3, -0.25) is 0 Å². The van der Waals surface area contributed by atoms with Crippen LogP contribution in [-0.2, 0) is 6.54 Å². The van der Waals surface area contributed by atoms with E-state index in [2.05, 4.69) is 28.5 Å². The van der Waals surface area contributed by atoms with Crippen LogP contribution in [0.5, 0.6) is 5.75 Å². The van der Waals surface area contributed by atoms with Crippen LogP contribution in [0.1, 0.15) is 11.1 Å². The summed E-state index contributed by atoms with van der Waals surface area (Å²) in [6, 6.07) is 16.0. The topological polar surface area (TPSA) is 56.1 Å². The van der Waals surface area contributed by atoms with Crippen LogP contribution in [0.15, 0.2) is 48.5 Å². The minimum atomic E-state index is 0.651. The van der Waals surface area contributed by atoms with Crippen LogP contribution in [0.25, 0.3) is 5.69 Å². The number of methoxy groups -OCH3 is 1. The molecule has 3 rings (SSSR count). The van der Waals surface area contributed by atoms with Gasteiger partial charge in [-0.25, -0.2) is 0 Å². The SMILES string of the molecule is COc1ccc(C)cc1CN(C)c1nnnn1-c1ccccc1. The molecule has 0 unspecified atom stereocenters. The molecule has 1 heterocycles. The molecule has 0 amide bonds. The molecule has 0 radical (unpaired) electrons. The highest BCUT2D eigenvalue weighted by Crippen LogP contribution is 2.23. The van der Waals surface area contributed by atoms with Gasteiger partial charge in [0.1, 0.15) is 5.75 Å². The molecule has 0 N–H and O–H groups in total. The molecule has 0 saturated heterocycles. The number of aryl methyl sites for hydroxylation is 1. The van der Waals surface area contributed by atoms with Gasteiger partial charge < -0.3 is 9.64 Å². The van der Waals surface area contributed by atoms with Crippen molar-refractivity contribution in [2.45, 2.75) is 13.5 Å². The molecular formula is C17H19N5O. The molecule has 118 valence electrons. The highest BCUT2D eigenvalue weighted by molar-refractivity contribution is 5.43. The largest absolute Gasteiger partial charge is 0.496 e. The van der Waals surface area contributed by atoms with E-state index >= 15 is 0 Å². The Morgan fingerprint density at radius 1 is 1.13 bits per heavy atom. The minimum Gasteiger partial charge on any atom is -0.496 e. The Balaban J connectivity index is 1.89. The maximum atomic E-state index is 5.45. The lowest BCUT2D eigenvalue weighted by molar-refractivity contribution is 0.409. The molecule has 0 atom stereocenters. The van der Waals surface area contributed by atoms with Gasteiger partial charge in [-0.05, 0) is 35.5 Å². The molecule has 1 aromatic heterocycles. The van der Waals surface area contributed by atoms with Crippen molar-refractivity contribution >= 4 is 5.95 Å². The van der Waals surface area contributed by atoms with E-state index in [4.69, 9.17) is 4.74 Å². The standard InChI is InChI=1S/C17H19N5O/c1-13-9-10-16(23-3)14(11-13)12-21(2)17-18-19-20-22(17)15-7-5-4-6-8-15/h4-11H,12H2,1-3H3. The molecule has 0 aliphatic carbocycles. The van der Waals surface area contributed by atoms with Crippen molar-refractivity contribution in [2.24, 2.45) is 0 Å². The fraction of sp³-hybridized carbons (Fsp3) is 0.235. The smallest absolute Gasteiger partial charge is 0.250 e. The van der Waals surface area contributed by atoms with Crippen molar-refractivity contribution < 1.29 is 4.74 Å². The first-order valence-electron chi connectivity index (χ1n) is 7.37. The molecule has 0 fully saturated rings. The molecular weight excluding hydrogens is 290 g/mol. The summed E-state index contributed by atoms with van der Waals surface area (Å²) in [6.45, 7) is 2.72. The van der Waals surface area contributed by atoms with Crippen LogP contribution in [-0.4, -0.2) is 34.4 Å². The molecule has 6 nitrogen and oxygen atoms in total. The second-order valence-corrected chi connectivity index (χ2v) is 5.40. The molecule has 23 heavy (non-hydrogen) atoms. The average Bonchev–Trinajstić information content (AvgIpc) is 3.05. The third-order valence-corrected chi connectivity index (χ3v) is 3.64. The van der Waals surface area contributed by atoms with Crippen molar-refractivity contribution in [3.05, 3.63) is 59.7 Å². The average molecular weight is 309 g/mol. The number of para-hydroxylation sites is 1.